The Morgan fingerprint density at radius 3 is 0.966 bits per heavy atom. The molecule has 0 atom stereocenters. The summed E-state index contributed by atoms with van der Waals surface area (Å²) in [6, 6.07) is 81.4. The van der Waals surface area contributed by atoms with E-state index < -0.39 is 0 Å². The second-order valence-corrected chi connectivity index (χ2v) is 17.0. The van der Waals surface area contributed by atoms with Gasteiger partial charge >= 0.3 is 0 Å². The maximum absolute atomic E-state index is 2.47. The van der Waals surface area contributed by atoms with Gasteiger partial charge in [0.25, 0.3) is 0 Å². The maximum Gasteiger partial charge on any atom is 0.247 e. The SMILES string of the molecule is c1ccc(N(c2ccccc2)c2ccc(-c3cc(-c4ccc(N(c5ccccc5)c5ccccc5)cc4)c4c5c3Sc3ccccc3B5c3ccccc3S4)cc2)cc1. The van der Waals surface area contributed by atoms with Crippen molar-refractivity contribution in [1.82, 2.24) is 0 Å². The van der Waals surface area contributed by atoms with E-state index in [0.29, 0.717) is 0 Å². The van der Waals surface area contributed by atoms with Crippen molar-refractivity contribution in [1.29, 1.82) is 0 Å². The van der Waals surface area contributed by atoms with Gasteiger partial charge in [0.05, 0.1) is 0 Å². The first-order chi connectivity index (χ1) is 29.3. The Morgan fingerprint density at radius 1 is 0.305 bits per heavy atom. The van der Waals surface area contributed by atoms with Crippen LogP contribution in [0.1, 0.15) is 0 Å². The summed E-state index contributed by atoms with van der Waals surface area (Å²) in [6.07, 6.45) is 0. The molecule has 0 amide bonds. The zero-order valence-corrected chi connectivity index (χ0v) is 33.8. The normalized spacial score (nSPS) is 12.2. The highest BCUT2D eigenvalue weighted by molar-refractivity contribution is 8.01. The molecular formula is C54H37BN2S2. The Bertz CT molecular complexity index is 2650. The molecule has 9 aromatic rings. The molecule has 278 valence electrons. The smallest absolute Gasteiger partial charge is 0.247 e. The van der Waals surface area contributed by atoms with Crippen molar-refractivity contribution in [2.75, 3.05) is 9.80 Å². The molecule has 0 bridgehead atoms. The number of benzene rings is 9. The summed E-state index contributed by atoms with van der Waals surface area (Å²) in [5.41, 5.74) is 15.9. The lowest BCUT2D eigenvalue weighted by Gasteiger charge is -2.35. The average Bonchev–Trinajstić information content (AvgIpc) is 3.31. The van der Waals surface area contributed by atoms with Gasteiger partial charge in [0.1, 0.15) is 0 Å². The van der Waals surface area contributed by atoms with E-state index >= 15 is 0 Å². The predicted molar refractivity (Wildman–Crippen MR) is 252 cm³/mol. The van der Waals surface area contributed by atoms with Gasteiger partial charge in [-0.25, -0.2) is 0 Å². The van der Waals surface area contributed by atoms with E-state index in [0.717, 1.165) is 34.1 Å². The highest BCUT2D eigenvalue weighted by atomic mass is 32.2. The first-order valence-corrected chi connectivity index (χ1v) is 21.7. The lowest BCUT2D eigenvalue weighted by atomic mass is 9.36. The summed E-state index contributed by atoms with van der Waals surface area (Å²) >= 11 is 3.85. The highest BCUT2D eigenvalue weighted by Crippen LogP contribution is 2.48. The highest BCUT2D eigenvalue weighted by Gasteiger charge is 2.40. The van der Waals surface area contributed by atoms with Crippen LogP contribution < -0.4 is 26.2 Å². The van der Waals surface area contributed by atoms with Gasteiger partial charge in [-0.3, -0.25) is 0 Å². The van der Waals surface area contributed by atoms with Gasteiger partial charge in [-0.1, -0.05) is 168 Å². The van der Waals surface area contributed by atoms with Crippen molar-refractivity contribution < 1.29 is 0 Å². The molecule has 2 aliphatic heterocycles. The number of anilines is 6. The number of nitrogens with zero attached hydrogens (tertiary/aromatic N) is 2. The molecule has 5 heteroatoms. The Morgan fingerprint density at radius 2 is 0.610 bits per heavy atom. The molecule has 11 rings (SSSR count). The van der Waals surface area contributed by atoms with E-state index in [1.165, 1.54) is 58.2 Å². The van der Waals surface area contributed by atoms with E-state index in [1.807, 2.05) is 23.5 Å². The fourth-order valence-electron chi connectivity index (χ4n) is 8.68. The third kappa shape index (κ3) is 6.44. The van der Waals surface area contributed by atoms with Crippen molar-refractivity contribution in [3.8, 4) is 22.3 Å². The molecule has 0 N–H and O–H groups in total. The molecule has 0 aliphatic carbocycles. The summed E-state index contributed by atoms with van der Waals surface area (Å²) in [4.78, 5) is 10.0. The van der Waals surface area contributed by atoms with Gasteiger partial charge < -0.3 is 9.80 Å². The number of hydrogen-bond donors (Lipinski definition) is 0. The van der Waals surface area contributed by atoms with Gasteiger partial charge in [-0.05, 0) is 119 Å². The van der Waals surface area contributed by atoms with Crippen LogP contribution in [-0.2, 0) is 0 Å². The van der Waals surface area contributed by atoms with Crippen LogP contribution in [0.3, 0.4) is 0 Å². The average molecular weight is 789 g/mol. The molecule has 0 saturated carbocycles. The zero-order valence-electron chi connectivity index (χ0n) is 32.2. The Kier molecular flexibility index (Phi) is 9.18. The van der Waals surface area contributed by atoms with E-state index in [2.05, 4.69) is 234 Å². The minimum Gasteiger partial charge on any atom is -0.311 e. The summed E-state index contributed by atoms with van der Waals surface area (Å²) in [5, 5.41) is 0. The molecule has 0 saturated heterocycles. The van der Waals surface area contributed by atoms with Gasteiger partial charge in [0, 0.05) is 53.7 Å². The second-order valence-electron chi connectivity index (χ2n) is 14.9. The third-order valence-corrected chi connectivity index (χ3v) is 13.8. The summed E-state index contributed by atoms with van der Waals surface area (Å²) < 4.78 is 0. The third-order valence-electron chi connectivity index (χ3n) is 11.4. The lowest BCUT2D eigenvalue weighted by Crippen LogP contribution is -2.58. The molecule has 2 aliphatic rings. The topological polar surface area (TPSA) is 6.48 Å². The van der Waals surface area contributed by atoms with Crippen LogP contribution in [0.2, 0.25) is 0 Å². The predicted octanol–water partition coefficient (Wildman–Crippen LogP) is 13.4. The van der Waals surface area contributed by atoms with Crippen LogP contribution in [0.5, 0.6) is 0 Å². The van der Waals surface area contributed by atoms with Crippen molar-refractivity contribution in [2.24, 2.45) is 0 Å². The molecule has 0 fully saturated rings. The minimum atomic E-state index is 0.144. The van der Waals surface area contributed by atoms with E-state index in [4.69, 9.17) is 0 Å². The number of hydrogen-bond acceptors (Lipinski definition) is 4. The first kappa shape index (κ1) is 35.5. The molecule has 2 heterocycles. The summed E-state index contributed by atoms with van der Waals surface area (Å²) in [6.45, 7) is 0.144. The first-order valence-electron chi connectivity index (χ1n) is 20.0. The van der Waals surface area contributed by atoms with Gasteiger partial charge in [-0.2, -0.15) is 0 Å². The van der Waals surface area contributed by atoms with Crippen LogP contribution in [0.25, 0.3) is 22.3 Å². The van der Waals surface area contributed by atoms with Crippen molar-refractivity contribution in [3.63, 3.8) is 0 Å². The molecule has 0 radical (unpaired) electrons. The minimum absolute atomic E-state index is 0.144. The Balaban J connectivity index is 1.08. The summed E-state index contributed by atoms with van der Waals surface area (Å²) in [5.74, 6) is 0. The zero-order chi connectivity index (χ0) is 39.1. The van der Waals surface area contributed by atoms with E-state index in [-0.39, 0.29) is 6.71 Å². The Labute approximate surface area is 354 Å². The van der Waals surface area contributed by atoms with Crippen LogP contribution in [0, 0.1) is 0 Å². The van der Waals surface area contributed by atoms with Crippen LogP contribution in [0.15, 0.2) is 244 Å². The lowest BCUT2D eigenvalue weighted by molar-refractivity contribution is 1.28. The van der Waals surface area contributed by atoms with Gasteiger partial charge in [0.15, 0.2) is 0 Å². The molecule has 2 nitrogen and oxygen atoms in total. The molecule has 9 aromatic carbocycles. The fraction of sp³-hybridized carbons (Fsp3) is 0. The van der Waals surface area contributed by atoms with Crippen LogP contribution >= 0.6 is 23.5 Å². The fourth-order valence-corrected chi connectivity index (χ4v) is 11.3. The monoisotopic (exact) mass is 788 g/mol. The van der Waals surface area contributed by atoms with Crippen molar-refractivity contribution in [3.05, 3.63) is 224 Å². The van der Waals surface area contributed by atoms with E-state index in [1.54, 1.807) is 0 Å². The van der Waals surface area contributed by atoms with Crippen LogP contribution in [-0.4, -0.2) is 6.71 Å². The van der Waals surface area contributed by atoms with Crippen molar-refractivity contribution >= 4 is 80.7 Å². The Hall–Kier alpha value is -6.66. The van der Waals surface area contributed by atoms with E-state index in [9.17, 15) is 0 Å². The number of rotatable bonds is 8. The molecule has 0 spiro atoms. The number of para-hydroxylation sites is 4. The summed E-state index contributed by atoms with van der Waals surface area (Å²) in [7, 11) is 0. The van der Waals surface area contributed by atoms with Gasteiger partial charge in [-0.15, -0.1) is 0 Å². The molecule has 59 heavy (non-hydrogen) atoms. The molecule has 0 unspecified atom stereocenters. The second kappa shape index (κ2) is 15.3. The molecule has 0 aromatic heterocycles. The maximum atomic E-state index is 2.47. The molecular weight excluding hydrogens is 752 g/mol. The number of fused-ring (bicyclic) bond motifs is 4. The van der Waals surface area contributed by atoms with Crippen LogP contribution in [0.4, 0.5) is 34.1 Å². The van der Waals surface area contributed by atoms with Crippen molar-refractivity contribution in [2.45, 2.75) is 19.6 Å². The largest absolute Gasteiger partial charge is 0.311 e. The standard InChI is InChI=1S/C54H37BN2S2/c1-5-17-40(18-6-1)56(41-19-7-2-8-20-41)44-33-29-38(30-34-44)46-37-47(39-31-35-45(36-32-39)57(42-21-9-3-10-22-42)43-23-11-4-12-24-43)54-52-53(46)58-50-27-15-13-25-48(50)55(52)49-26-14-16-28-51(49)59-54/h1-37H. The quantitative estimate of drug-likeness (QED) is 0.141. The van der Waals surface area contributed by atoms with Gasteiger partial charge in [0.2, 0.25) is 6.71 Å².